The van der Waals surface area contributed by atoms with Gasteiger partial charge in [-0.05, 0) is 48.2 Å². The van der Waals surface area contributed by atoms with Crippen LogP contribution in [0.2, 0.25) is 5.02 Å². The Hall–Kier alpha value is -2.49. The van der Waals surface area contributed by atoms with E-state index in [1.807, 2.05) is 0 Å². The number of phenols is 1. The number of aliphatic imine (C=N–C) groups is 1. The predicted octanol–water partition coefficient (Wildman–Crippen LogP) is 4.41. The minimum Gasteiger partial charge on any atom is -0.504 e. The maximum Gasteiger partial charge on any atom is 0.337 e. The van der Waals surface area contributed by atoms with Crippen LogP contribution in [0.4, 0.5) is 5.69 Å². The second kappa shape index (κ2) is 8.26. The number of carbonyl (C=O) groups excluding carboxylic acids is 1. The summed E-state index contributed by atoms with van der Waals surface area (Å²) in [5, 5.41) is 22.3. The zero-order chi connectivity index (χ0) is 20.4. The number of halogens is 2. The van der Waals surface area contributed by atoms with Crippen molar-refractivity contribution in [1.29, 1.82) is 0 Å². The summed E-state index contributed by atoms with van der Waals surface area (Å²) in [5.74, 6) is -1.40. The summed E-state index contributed by atoms with van der Waals surface area (Å²) in [6, 6.07) is 7.53. The van der Waals surface area contributed by atoms with Crippen LogP contribution in [0.25, 0.3) is 6.08 Å². The number of amidine groups is 1. The first kappa shape index (κ1) is 20.2. The zero-order valence-electron chi connectivity index (χ0n) is 14.2. The Morgan fingerprint density at radius 1 is 1.36 bits per heavy atom. The lowest BCUT2D eigenvalue weighted by Crippen LogP contribution is -2.19. The second-order valence-corrected chi connectivity index (χ2v) is 7.85. The van der Waals surface area contributed by atoms with E-state index in [-0.39, 0.29) is 27.3 Å². The second-order valence-electron chi connectivity index (χ2n) is 5.50. The van der Waals surface area contributed by atoms with Gasteiger partial charge in [-0.3, -0.25) is 4.79 Å². The number of benzene rings is 2. The van der Waals surface area contributed by atoms with Crippen molar-refractivity contribution in [2.75, 3.05) is 7.11 Å². The molecule has 1 aliphatic rings. The van der Waals surface area contributed by atoms with Crippen LogP contribution in [0.1, 0.15) is 15.9 Å². The molecule has 28 heavy (non-hydrogen) atoms. The number of nitrogens with one attached hydrogen (secondary N) is 1. The molecule has 0 saturated carbocycles. The Labute approximate surface area is 177 Å². The number of hydrogen-bond donors (Lipinski definition) is 3. The van der Waals surface area contributed by atoms with Gasteiger partial charge in [0.15, 0.2) is 16.7 Å². The fraction of sp³-hybridized carbons (Fsp3) is 0.0556. The SMILES string of the molecule is COc1cc(Br)cc(/C=C2\SC(=Nc3ccc(Cl)c(C(=O)O)c3)NC2=O)c1O. The maximum atomic E-state index is 12.2. The molecule has 3 N–H and O–H groups in total. The highest BCUT2D eigenvalue weighted by Crippen LogP contribution is 2.37. The molecule has 10 heteroatoms. The average Bonchev–Trinajstić information content (AvgIpc) is 2.98. The van der Waals surface area contributed by atoms with Crippen LogP contribution >= 0.6 is 39.3 Å². The van der Waals surface area contributed by atoms with Gasteiger partial charge in [0.1, 0.15) is 0 Å². The number of carbonyl (C=O) groups is 2. The Balaban J connectivity index is 1.91. The molecule has 0 spiro atoms. The van der Waals surface area contributed by atoms with E-state index in [4.69, 9.17) is 21.4 Å². The van der Waals surface area contributed by atoms with E-state index in [1.54, 1.807) is 18.2 Å². The van der Waals surface area contributed by atoms with Crippen molar-refractivity contribution >= 4 is 68.1 Å². The molecular formula is C18H12BrClN2O5S. The smallest absolute Gasteiger partial charge is 0.337 e. The van der Waals surface area contributed by atoms with Gasteiger partial charge < -0.3 is 20.3 Å². The lowest BCUT2D eigenvalue weighted by atomic mass is 10.1. The van der Waals surface area contributed by atoms with Crippen LogP contribution in [0.5, 0.6) is 11.5 Å². The molecule has 0 atom stereocenters. The molecule has 2 aromatic carbocycles. The molecule has 144 valence electrons. The molecule has 3 rings (SSSR count). The van der Waals surface area contributed by atoms with Crippen molar-refractivity contribution in [3.63, 3.8) is 0 Å². The van der Waals surface area contributed by atoms with E-state index >= 15 is 0 Å². The highest BCUT2D eigenvalue weighted by atomic mass is 79.9. The number of carboxylic acids is 1. The van der Waals surface area contributed by atoms with Crippen molar-refractivity contribution in [3.05, 3.63) is 55.9 Å². The van der Waals surface area contributed by atoms with E-state index in [0.717, 1.165) is 11.8 Å². The van der Waals surface area contributed by atoms with Crippen LogP contribution in [0, 0.1) is 0 Å². The molecule has 7 nitrogen and oxygen atoms in total. The Morgan fingerprint density at radius 2 is 2.11 bits per heavy atom. The lowest BCUT2D eigenvalue weighted by Gasteiger charge is -2.07. The van der Waals surface area contributed by atoms with Gasteiger partial charge in [0.2, 0.25) is 0 Å². The molecule has 1 fully saturated rings. The van der Waals surface area contributed by atoms with Crippen LogP contribution in [0.15, 0.2) is 44.7 Å². The maximum absolute atomic E-state index is 12.2. The molecule has 1 heterocycles. The number of ether oxygens (including phenoxy) is 1. The fourth-order valence-corrected chi connectivity index (χ4v) is 3.83. The number of carboxylic acid groups (broad SMARTS) is 1. The number of nitrogens with zero attached hydrogens (tertiary/aromatic N) is 1. The summed E-state index contributed by atoms with van der Waals surface area (Å²) in [6.45, 7) is 0. The summed E-state index contributed by atoms with van der Waals surface area (Å²) < 4.78 is 5.77. The number of aromatic carboxylic acids is 1. The van der Waals surface area contributed by atoms with Crippen LogP contribution < -0.4 is 10.1 Å². The molecule has 1 amide bonds. The van der Waals surface area contributed by atoms with E-state index in [9.17, 15) is 14.7 Å². The molecule has 1 saturated heterocycles. The number of methoxy groups -OCH3 is 1. The monoisotopic (exact) mass is 482 g/mol. The standard InChI is InChI=1S/C18H12BrClN2O5S/c1-27-13-6-9(19)4-8(15(13)23)5-14-16(24)22-18(28-14)21-10-2-3-12(20)11(7-10)17(25)26/h2-7,23H,1H3,(H,25,26)(H,21,22,24)/b14-5-. The molecule has 2 aromatic rings. The molecule has 1 aliphatic heterocycles. The average molecular weight is 484 g/mol. The van der Waals surface area contributed by atoms with Crippen molar-refractivity contribution in [1.82, 2.24) is 5.32 Å². The highest BCUT2D eigenvalue weighted by Gasteiger charge is 2.25. The number of thioether (sulfide) groups is 1. The molecular weight excluding hydrogens is 472 g/mol. The summed E-state index contributed by atoms with van der Waals surface area (Å²) in [5.41, 5.74) is 0.641. The van der Waals surface area contributed by atoms with Gasteiger partial charge in [0.05, 0.1) is 28.3 Å². The summed E-state index contributed by atoms with van der Waals surface area (Å²) >= 11 is 10.2. The third-order valence-electron chi connectivity index (χ3n) is 3.64. The van der Waals surface area contributed by atoms with Crippen molar-refractivity contribution in [2.24, 2.45) is 4.99 Å². The molecule has 0 aliphatic carbocycles. The quantitative estimate of drug-likeness (QED) is 0.556. The first-order valence-corrected chi connectivity index (χ1v) is 9.66. The largest absolute Gasteiger partial charge is 0.504 e. The lowest BCUT2D eigenvalue weighted by molar-refractivity contribution is -0.115. The number of amides is 1. The van der Waals surface area contributed by atoms with Gasteiger partial charge >= 0.3 is 5.97 Å². The molecule has 0 unspecified atom stereocenters. The molecule has 0 radical (unpaired) electrons. The minimum absolute atomic E-state index is 0.0836. The summed E-state index contributed by atoms with van der Waals surface area (Å²) in [6.07, 6.45) is 1.51. The Kier molecular flexibility index (Phi) is 5.97. The molecule has 0 bridgehead atoms. The van der Waals surface area contributed by atoms with Gasteiger partial charge in [0.25, 0.3) is 5.91 Å². The number of hydrogen-bond acceptors (Lipinski definition) is 6. The van der Waals surface area contributed by atoms with Gasteiger partial charge in [-0.2, -0.15) is 0 Å². The van der Waals surface area contributed by atoms with E-state index < -0.39 is 11.9 Å². The van der Waals surface area contributed by atoms with E-state index in [0.29, 0.717) is 20.6 Å². The fourth-order valence-electron chi connectivity index (χ4n) is 2.35. The van der Waals surface area contributed by atoms with Crippen molar-refractivity contribution in [2.45, 2.75) is 0 Å². The summed E-state index contributed by atoms with van der Waals surface area (Å²) in [7, 11) is 1.43. The van der Waals surface area contributed by atoms with Crippen molar-refractivity contribution in [3.8, 4) is 11.5 Å². The minimum atomic E-state index is -1.17. The topological polar surface area (TPSA) is 108 Å². The van der Waals surface area contributed by atoms with Gasteiger partial charge in [-0.25, -0.2) is 9.79 Å². The van der Waals surface area contributed by atoms with Crippen LogP contribution in [0.3, 0.4) is 0 Å². The predicted molar refractivity (Wildman–Crippen MR) is 112 cm³/mol. The Bertz CT molecular complexity index is 1050. The Morgan fingerprint density at radius 3 is 2.79 bits per heavy atom. The normalized spacial score (nSPS) is 16.5. The first-order chi connectivity index (χ1) is 13.3. The summed E-state index contributed by atoms with van der Waals surface area (Å²) in [4.78, 5) is 28.0. The highest BCUT2D eigenvalue weighted by molar-refractivity contribution is 9.10. The molecule has 0 aromatic heterocycles. The number of rotatable bonds is 4. The van der Waals surface area contributed by atoms with Crippen LogP contribution in [-0.4, -0.2) is 34.4 Å². The third kappa shape index (κ3) is 4.32. The third-order valence-corrected chi connectivity index (χ3v) is 5.33. The first-order valence-electron chi connectivity index (χ1n) is 7.67. The number of phenolic OH excluding ortho intramolecular Hbond substituents is 1. The number of aromatic hydroxyl groups is 1. The van der Waals surface area contributed by atoms with Gasteiger partial charge in [-0.15, -0.1) is 0 Å². The van der Waals surface area contributed by atoms with E-state index in [2.05, 4.69) is 26.2 Å². The van der Waals surface area contributed by atoms with Crippen LogP contribution in [-0.2, 0) is 4.79 Å². The zero-order valence-corrected chi connectivity index (χ0v) is 17.4. The van der Waals surface area contributed by atoms with Gasteiger partial charge in [-0.1, -0.05) is 27.5 Å². The van der Waals surface area contributed by atoms with Gasteiger partial charge in [0, 0.05) is 10.0 Å². The van der Waals surface area contributed by atoms with Crippen molar-refractivity contribution < 1.29 is 24.5 Å². The van der Waals surface area contributed by atoms with E-state index in [1.165, 1.54) is 25.3 Å².